The molecule has 1 fully saturated rings. The molecule has 1 atom stereocenters. The van der Waals surface area contributed by atoms with Gasteiger partial charge in [0.15, 0.2) is 0 Å². The normalized spacial score (nSPS) is 15.4. The van der Waals surface area contributed by atoms with E-state index in [1.165, 1.54) is 0 Å². The fourth-order valence-corrected chi connectivity index (χ4v) is 4.28. The molecular formula is C21H25ClN2O2S. The molecule has 6 heteroatoms. The molecular weight excluding hydrogens is 380 g/mol. The summed E-state index contributed by atoms with van der Waals surface area (Å²) in [7, 11) is 0. The van der Waals surface area contributed by atoms with Crippen molar-refractivity contribution in [1.82, 2.24) is 5.32 Å². The molecule has 0 spiro atoms. The van der Waals surface area contributed by atoms with Crippen molar-refractivity contribution in [2.24, 2.45) is 0 Å². The Hall–Kier alpha value is -1.69. The molecule has 0 radical (unpaired) electrons. The van der Waals surface area contributed by atoms with E-state index in [9.17, 15) is 4.79 Å². The Balaban J connectivity index is 1.66. The van der Waals surface area contributed by atoms with Gasteiger partial charge in [0.05, 0.1) is 18.5 Å². The maximum absolute atomic E-state index is 12.7. The van der Waals surface area contributed by atoms with Gasteiger partial charge in [-0.25, -0.2) is 0 Å². The Morgan fingerprint density at radius 3 is 2.67 bits per heavy atom. The molecule has 1 heterocycles. The zero-order chi connectivity index (χ0) is 19.1. The zero-order valence-corrected chi connectivity index (χ0v) is 17.1. The summed E-state index contributed by atoms with van der Waals surface area (Å²) in [5.74, 6) is 0.0549. The van der Waals surface area contributed by atoms with E-state index in [1.807, 2.05) is 55.5 Å². The smallest absolute Gasteiger partial charge is 0.233 e. The number of halogens is 1. The molecule has 4 nitrogen and oxygen atoms in total. The Morgan fingerprint density at radius 1 is 1.22 bits per heavy atom. The molecule has 27 heavy (non-hydrogen) atoms. The number of nitrogens with zero attached hydrogens (tertiary/aromatic N) is 1. The van der Waals surface area contributed by atoms with Gasteiger partial charge in [-0.05, 0) is 42.3 Å². The molecule has 1 N–H and O–H groups in total. The lowest BCUT2D eigenvalue weighted by molar-refractivity contribution is -0.120. The van der Waals surface area contributed by atoms with E-state index in [2.05, 4.69) is 10.2 Å². The summed E-state index contributed by atoms with van der Waals surface area (Å²) < 4.78 is 5.45. The van der Waals surface area contributed by atoms with Gasteiger partial charge in [0.25, 0.3) is 0 Å². The SMILES string of the molecule is CC[C@H](Sc1ccccc1)C(=O)NCc1cc(Cl)ccc1N1CCOCC1. The monoisotopic (exact) mass is 404 g/mol. The summed E-state index contributed by atoms with van der Waals surface area (Å²) in [4.78, 5) is 16.1. The number of ether oxygens (including phenoxy) is 1. The quantitative estimate of drug-likeness (QED) is 0.696. The molecule has 0 unspecified atom stereocenters. The third kappa shape index (κ3) is 5.64. The summed E-state index contributed by atoms with van der Waals surface area (Å²) in [5.41, 5.74) is 2.16. The van der Waals surface area contributed by atoms with Crippen molar-refractivity contribution >= 4 is 35.0 Å². The number of thioether (sulfide) groups is 1. The Labute approximate surface area is 170 Å². The van der Waals surface area contributed by atoms with Crippen LogP contribution in [0, 0.1) is 0 Å². The number of benzene rings is 2. The topological polar surface area (TPSA) is 41.6 Å². The van der Waals surface area contributed by atoms with Crippen LogP contribution in [0.3, 0.4) is 0 Å². The van der Waals surface area contributed by atoms with Crippen LogP contribution in [0.5, 0.6) is 0 Å². The Kier molecular flexibility index (Phi) is 7.44. The van der Waals surface area contributed by atoms with Crippen LogP contribution < -0.4 is 10.2 Å². The predicted octanol–water partition coefficient (Wildman–Crippen LogP) is 4.36. The van der Waals surface area contributed by atoms with Gasteiger partial charge < -0.3 is 15.0 Å². The maximum Gasteiger partial charge on any atom is 0.233 e. The number of anilines is 1. The zero-order valence-electron chi connectivity index (χ0n) is 15.5. The summed E-state index contributed by atoms with van der Waals surface area (Å²) in [6.45, 7) is 5.66. The number of morpholine rings is 1. The fraction of sp³-hybridized carbons (Fsp3) is 0.381. The third-order valence-corrected chi connectivity index (χ3v) is 6.14. The molecule has 1 aliphatic heterocycles. The average molecular weight is 405 g/mol. The second kappa shape index (κ2) is 10.0. The van der Waals surface area contributed by atoms with E-state index in [1.54, 1.807) is 11.8 Å². The van der Waals surface area contributed by atoms with Gasteiger partial charge in [0, 0.05) is 35.2 Å². The van der Waals surface area contributed by atoms with Gasteiger partial charge in [0.1, 0.15) is 0 Å². The first-order valence-corrected chi connectivity index (χ1v) is 10.5. The highest BCUT2D eigenvalue weighted by molar-refractivity contribution is 8.00. The van der Waals surface area contributed by atoms with Crippen LogP contribution in [0.15, 0.2) is 53.4 Å². The average Bonchev–Trinajstić information content (AvgIpc) is 2.71. The minimum absolute atomic E-state index is 0.0549. The number of nitrogens with one attached hydrogen (secondary N) is 1. The van der Waals surface area contributed by atoms with Crippen molar-refractivity contribution in [3.8, 4) is 0 Å². The molecule has 0 bridgehead atoms. The van der Waals surface area contributed by atoms with Gasteiger partial charge in [-0.3, -0.25) is 4.79 Å². The third-order valence-electron chi connectivity index (χ3n) is 4.53. The van der Waals surface area contributed by atoms with Crippen LogP contribution in [0.1, 0.15) is 18.9 Å². The number of hydrogen-bond donors (Lipinski definition) is 1. The van der Waals surface area contributed by atoms with Crippen LogP contribution in [0.2, 0.25) is 5.02 Å². The van der Waals surface area contributed by atoms with Crippen molar-refractivity contribution in [2.75, 3.05) is 31.2 Å². The second-order valence-corrected chi connectivity index (χ2v) is 8.13. The van der Waals surface area contributed by atoms with E-state index in [4.69, 9.17) is 16.3 Å². The number of carbonyl (C=O) groups is 1. The molecule has 0 saturated carbocycles. The molecule has 1 amide bonds. The standard InChI is InChI=1S/C21H25ClN2O2S/c1-2-20(27-18-6-4-3-5-7-18)21(25)23-15-16-14-17(22)8-9-19(16)24-10-12-26-13-11-24/h3-9,14,20H,2,10-13,15H2,1H3,(H,23,25)/t20-/m0/s1. The molecule has 2 aromatic rings. The minimum Gasteiger partial charge on any atom is -0.378 e. The van der Waals surface area contributed by atoms with E-state index >= 15 is 0 Å². The number of rotatable bonds is 7. The first-order valence-electron chi connectivity index (χ1n) is 9.28. The molecule has 3 rings (SSSR count). The second-order valence-electron chi connectivity index (χ2n) is 6.42. The lowest BCUT2D eigenvalue weighted by Gasteiger charge is -2.31. The number of carbonyl (C=O) groups excluding carboxylic acids is 1. The van der Waals surface area contributed by atoms with Crippen molar-refractivity contribution in [3.63, 3.8) is 0 Å². The van der Waals surface area contributed by atoms with Crippen LogP contribution in [-0.4, -0.2) is 37.5 Å². The van der Waals surface area contributed by atoms with Gasteiger partial charge in [-0.1, -0.05) is 36.7 Å². The first kappa shape index (κ1) is 20.1. The first-order chi connectivity index (χ1) is 13.2. The van der Waals surface area contributed by atoms with E-state index in [0.29, 0.717) is 11.6 Å². The number of hydrogen-bond acceptors (Lipinski definition) is 4. The van der Waals surface area contributed by atoms with Crippen molar-refractivity contribution in [2.45, 2.75) is 30.0 Å². The molecule has 0 aromatic heterocycles. The predicted molar refractivity (Wildman–Crippen MR) is 113 cm³/mol. The van der Waals surface area contributed by atoms with E-state index < -0.39 is 0 Å². The minimum atomic E-state index is -0.113. The van der Waals surface area contributed by atoms with Crippen LogP contribution in [-0.2, 0) is 16.1 Å². The van der Waals surface area contributed by atoms with Crippen molar-refractivity contribution in [1.29, 1.82) is 0 Å². The molecule has 2 aromatic carbocycles. The molecule has 1 aliphatic rings. The van der Waals surface area contributed by atoms with Gasteiger partial charge in [-0.2, -0.15) is 0 Å². The lowest BCUT2D eigenvalue weighted by Crippen LogP contribution is -2.37. The van der Waals surface area contributed by atoms with Crippen LogP contribution in [0.25, 0.3) is 0 Å². The van der Waals surface area contributed by atoms with Crippen molar-refractivity contribution < 1.29 is 9.53 Å². The van der Waals surface area contributed by atoms with E-state index in [-0.39, 0.29) is 11.2 Å². The maximum atomic E-state index is 12.7. The van der Waals surface area contributed by atoms with Gasteiger partial charge in [-0.15, -0.1) is 11.8 Å². The molecule has 0 aliphatic carbocycles. The van der Waals surface area contributed by atoms with Crippen LogP contribution >= 0.6 is 23.4 Å². The number of amides is 1. The van der Waals surface area contributed by atoms with Crippen LogP contribution in [0.4, 0.5) is 5.69 Å². The fourth-order valence-electron chi connectivity index (χ4n) is 3.09. The highest BCUT2D eigenvalue weighted by Gasteiger charge is 2.19. The van der Waals surface area contributed by atoms with Gasteiger partial charge in [0.2, 0.25) is 5.91 Å². The molecule has 1 saturated heterocycles. The summed E-state index contributed by atoms with van der Waals surface area (Å²) in [6, 6.07) is 15.9. The van der Waals surface area contributed by atoms with Crippen molar-refractivity contribution in [3.05, 3.63) is 59.1 Å². The summed E-state index contributed by atoms with van der Waals surface area (Å²) >= 11 is 7.81. The van der Waals surface area contributed by atoms with Gasteiger partial charge >= 0.3 is 0 Å². The lowest BCUT2D eigenvalue weighted by atomic mass is 10.1. The highest BCUT2D eigenvalue weighted by atomic mass is 35.5. The Bertz CT molecular complexity index is 751. The highest BCUT2D eigenvalue weighted by Crippen LogP contribution is 2.27. The van der Waals surface area contributed by atoms with E-state index in [0.717, 1.165) is 48.9 Å². The Morgan fingerprint density at radius 2 is 1.96 bits per heavy atom. The molecule has 144 valence electrons. The largest absolute Gasteiger partial charge is 0.378 e. The summed E-state index contributed by atoms with van der Waals surface area (Å²) in [6.07, 6.45) is 0.775. The summed E-state index contributed by atoms with van der Waals surface area (Å²) in [5, 5.41) is 3.67.